The molecule has 3 aromatic heterocycles. The molecule has 22 heteroatoms. The lowest BCUT2D eigenvalue weighted by molar-refractivity contribution is -0.151. The molecule has 1 saturated heterocycles. The van der Waals surface area contributed by atoms with Crippen LogP contribution < -0.4 is 30.5 Å². The van der Waals surface area contributed by atoms with Gasteiger partial charge in [-0.1, -0.05) is 43.3 Å². The summed E-state index contributed by atoms with van der Waals surface area (Å²) in [5, 5.41) is 34.7. The number of carbonyl (C=O) groups excluding carboxylic acids is 3. The minimum atomic E-state index is -1.18. The van der Waals surface area contributed by atoms with Crippen LogP contribution in [0.5, 0.6) is 17.2 Å². The van der Waals surface area contributed by atoms with Crippen LogP contribution in [0.3, 0.4) is 0 Å². The van der Waals surface area contributed by atoms with Crippen LogP contribution in [0.4, 0.5) is 0 Å². The van der Waals surface area contributed by atoms with Crippen molar-refractivity contribution >= 4 is 113 Å². The fraction of sp³-hybridized carbons (Fsp3) is 0.344. The second kappa shape index (κ2) is 31.9. The zero-order valence-corrected chi connectivity index (χ0v) is 50.0. The van der Waals surface area contributed by atoms with Gasteiger partial charge in [-0.05, 0) is 104 Å². The van der Waals surface area contributed by atoms with E-state index in [0.717, 1.165) is 34.8 Å². The zero-order chi connectivity index (χ0) is 61.0. The minimum absolute atomic E-state index is 0.000836. The Labute approximate surface area is 505 Å². The SMILES string of the molecule is CC1CO1.CCC(COCC(O)COC)(COCC(O)COC(=O)COc1ccc2sc3ccccc3c(=O)c2c1)COCC(O)COC(=O)COc1ccc2sc3ccccc3c(=O)c2c1.O=CCOc1ccc2sc3ccccc3c(=O)c2c1. The highest BCUT2D eigenvalue weighted by Crippen LogP contribution is 2.31. The molecule has 1 aliphatic heterocycles. The lowest BCUT2D eigenvalue weighted by atomic mass is 9.88. The van der Waals surface area contributed by atoms with E-state index in [-0.39, 0.29) is 82.4 Å². The predicted molar refractivity (Wildman–Crippen MR) is 332 cm³/mol. The highest BCUT2D eigenvalue weighted by atomic mass is 32.1. The number of aliphatic hydroxyl groups is 3. The fourth-order valence-electron chi connectivity index (χ4n) is 8.59. The summed E-state index contributed by atoms with van der Waals surface area (Å²) in [6.45, 7) is 3.05. The van der Waals surface area contributed by atoms with Gasteiger partial charge < -0.3 is 62.7 Å². The third-order valence-corrected chi connectivity index (χ3v) is 16.8. The standard InChI is InChI=1S/C46H50O15S2.C15H10O3S.C3H6O/c1-3-46(26-55-19-29(47)18-54-2,27-56-20-30(48)22-60-42(50)24-58-32-12-14-40-36(16-32)44(52)34-8-4-6-10-38(34)62-40)28-57-21-31(49)23-61-43(51)25-59-33-13-15-41-37(17-33)45(53)35-9-5-7-11-39(35)63-41;16-7-8-18-10-5-6-14-12(9-10)15(17)11-3-1-2-4-13(11)19-14;1-3-2-4-3/h4-17,29-31,47-49H,3,18-28H2,1-2H3;1-7,9H,8H2;3H,2H2,1H3. The molecule has 0 radical (unpaired) electrons. The smallest absolute Gasteiger partial charge is 0.344 e. The Balaban J connectivity index is 0.000000343. The van der Waals surface area contributed by atoms with Gasteiger partial charge in [0, 0.05) is 73.0 Å². The van der Waals surface area contributed by atoms with E-state index >= 15 is 0 Å². The van der Waals surface area contributed by atoms with Crippen molar-refractivity contribution in [1.82, 2.24) is 0 Å². The summed E-state index contributed by atoms with van der Waals surface area (Å²) in [5.74, 6) is -0.271. The van der Waals surface area contributed by atoms with Gasteiger partial charge in [-0.3, -0.25) is 19.2 Å². The molecular formula is C64H66O19S3. The summed E-state index contributed by atoms with van der Waals surface area (Å²) in [4.78, 5) is 73.7. The van der Waals surface area contributed by atoms with E-state index in [9.17, 15) is 44.1 Å². The van der Waals surface area contributed by atoms with Crippen molar-refractivity contribution < 1.29 is 77.1 Å². The molecule has 10 rings (SSSR count). The highest BCUT2D eigenvalue weighted by Gasteiger charge is 2.31. The molecule has 86 heavy (non-hydrogen) atoms. The largest absolute Gasteiger partial charge is 0.486 e. The Morgan fingerprint density at radius 2 is 0.872 bits per heavy atom. The fourth-order valence-corrected chi connectivity index (χ4v) is 11.7. The number of carbonyl (C=O) groups is 3. The van der Waals surface area contributed by atoms with Crippen LogP contribution in [-0.4, -0.2) is 151 Å². The summed E-state index contributed by atoms with van der Waals surface area (Å²) in [6, 6.07) is 37.6. The molecular weight excluding hydrogens is 1170 g/mol. The zero-order valence-electron chi connectivity index (χ0n) is 47.5. The lowest BCUT2D eigenvalue weighted by Crippen LogP contribution is -2.40. The molecule has 0 aliphatic carbocycles. The number of hydrogen-bond donors (Lipinski definition) is 3. The van der Waals surface area contributed by atoms with E-state index < -0.39 is 48.9 Å². The molecule has 1 fully saturated rings. The molecule has 3 N–H and O–H groups in total. The summed E-state index contributed by atoms with van der Waals surface area (Å²) in [6.07, 6.45) is -1.49. The van der Waals surface area contributed by atoms with Crippen molar-refractivity contribution in [2.75, 3.05) is 93.0 Å². The molecule has 0 amide bonds. The number of epoxide rings is 1. The molecule has 1 aliphatic rings. The second-order valence-electron chi connectivity index (χ2n) is 20.1. The normalized spacial score (nSPS) is 14.5. The monoisotopic (exact) mass is 1230 g/mol. The Kier molecular flexibility index (Phi) is 24.0. The van der Waals surface area contributed by atoms with Crippen molar-refractivity contribution in [2.24, 2.45) is 5.41 Å². The first-order valence-corrected chi connectivity index (χ1v) is 30.0. The summed E-state index contributed by atoms with van der Waals surface area (Å²) < 4.78 is 59.2. The molecule has 9 aromatic rings. The Morgan fingerprint density at radius 1 is 0.535 bits per heavy atom. The number of aldehydes is 1. The van der Waals surface area contributed by atoms with Gasteiger partial charge in [0.1, 0.15) is 55.4 Å². The Morgan fingerprint density at radius 3 is 1.21 bits per heavy atom. The summed E-state index contributed by atoms with van der Waals surface area (Å²) >= 11 is 4.54. The van der Waals surface area contributed by atoms with E-state index in [2.05, 4.69) is 6.92 Å². The van der Waals surface area contributed by atoms with E-state index in [1.165, 1.54) is 29.8 Å². The number of rotatable bonds is 28. The molecule has 4 unspecified atom stereocenters. The second-order valence-corrected chi connectivity index (χ2v) is 23.4. The van der Waals surface area contributed by atoms with Gasteiger partial charge in [0.15, 0.2) is 35.8 Å². The molecule has 6 aromatic carbocycles. The quantitative estimate of drug-likeness (QED) is 0.0180. The van der Waals surface area contributed by atoms with Gasteiger partial charge in [-0.2, -0.15) is 0 Å². The Bertz CT molecular complexity index is 3770. The highest BCUT2D eigenvalue weighted by molar-refractivity contribution is 7.25. The number of hydrogen-bond acceptors (Lipinski definition) is 22. The topological polar surface area (TPSA) is 259 Å². The Hall–Kier alpha value is -7.32. The van der Waals surface area contributed by atoms with Gasteiger partial charge >= 0.3 is 11.9 Å². The van der Waals surface area contributed by atoms with Crippen LogP contribution in [0, 0.1) is 5.41 Å². The van der Waals surface area contributed by atoms with E-state index in [4.69, 9.17) is 47.4 Å². The maximum atomic E-state index is 13.0. The van der Waals surface area contributed by atoms with Crippen LogP contribution in [0.25, 0.3) is 60.5 Å². The van der Waals surface area contributed by atoms with E-state index in [1.807, 2.05) is 61.5 Å². The lowest BCUT2D eigenvalue weighted by Gasteiger charge is -2.33. The van der Waals surface area contributed by atoms with Crippen LogP contribution in [0.1, 0.15) is 20.3 Å². The predicted octanol–water partition coefficient (Wildman–Crippen LogP) is 8.26. The summed E-state index contributed by atoms with van der Waals surface area (Å²) in [5.41, 5.74) is -1.05. The molecule has 4 atom stereocenters. The number of aliphatic hydroxyl groups excluding tert-OH is 3. The van der Waals surface area contributed by atoms with Gasteiger partial charge in [0.05, 0.1) is 59.0 Å². The van der Waals surface area contributed by atoms with E-state index in [0.29, 0.717) is 68.4 Å². The first kappa shape index (κ1) is 64.7. The van der Waals surface area contributed by atoms with Crippen molar-refractivity contribution in [1.29, 1.82) is 0 Å². The maximum absolute atomic E-state index is 13.0. The van der Waals surface area contributed by atoms with Gasteiger partial charge in [-0.15, -0.1) is 34.0 Å². The number of benzene rings is 6. The number of esters is 2. The third-order valence-electron chi connectivity index (χ3n) is 13.3. The average molecular weight is 1240 g/mol. The third kappa shape index (κ3) is 18.4. The van der Waals surface area contributed by atoms with Crippen LogP contribution in [0.15, 0.2) is 142 Å². The first-order chi connectivity index (χ1) is 41.7. The molecule has 0 bridgehead atoms. The molecule has 19 nitrogen and oxygen atoms in total. The summed E-state index contributed by atoms with van der Waals surface area (Å²) in [7, 11) is 1.46. The number of methoxy groups -OCH3 is 1. The van der Waals surface area contributed by atoms with Crippen molar-refractivity contribution in [3.05, 3.63) is 158 Å². The van der Waals surface area contributed by atoms with Crippen LogP contribution in [0.2, 0.25) is 0 Å². The molecule has 4 heterocycles. The number of fused-ring (bicyclic) bond motifs is 6. The first-order valence-electron chi connectivity index (χ1n) is 27.5. The van der Waals surface area contributed by atoms with Crippen LogP contribution in [-0.2, 0) is 47.5 Å². The van der Waals surface area contributed by atoms with Gasteiger partial charge in [0.25, 0.3) is 0 Å². The van der Waals surface area contributed by atoms with Crippen molar-refractivity contribution in [2.45, 2.75) is 44.7 Å². The van der Waals surface area contributed by atoms with Gasteiger partial charge in [-0.25, -0.2) is 9.59 Å². The minimum Gasteiger partial charge on any atom is -0.486 e. The molecule has 0 saturated carbocycles. The van der Waals surface area contributed by atoms with Gasteiger partial charge in [0.2, 0.25) is 0 Å². The van der Waals surface area contributed by atoms with Crippen molar-refractivity contribution in [3.8, 4) is 17.2 Å². The van der Waals surface area contributed by atoms with Crippen molar-refractivity contribution in [3.63, 3.8) is 0 Å². The number of ether oxygens (including phenoxy) is 10. The van der Waals surface area contributed by atoms with Crippen LogP contribution >= 0.6 is 34.0 Å². The average Bonchev–Trinajstić information content (AvgIpc) is 4.50. The van der Waals surface area contributed by atoms with E-state index in [1.54, 1.807) is 84.1 Å². The molecule has 454 valence electrons. The maximum Gasteiger partial charge on any atom is 0.344 e. The molecule has 0 spiro atoms.